The Hall–Kier alpha value is -1.91. The number of aliphatic carboxylic acids is 1. The molecule has 2 N–H and O–H groups in total. The topological polar surface area (TPSA) is 79.3 Å². The number of nitrogens with zero attached hydrogens (tertiary/aromatic N) is 1. The molecule has 114 valence electrons. The van der Waals surface area contributed by atoms with E-state index >= 15 is 0 Å². The zero-order valence-electron chi connectivity index (χ0n) is 12.6. The molecule has 1 aliphatic carbocycles. The van der Waals surface area contributed by atoms with Gasteiger partial charge < -0.3 is 10.4 Å². The highest BCUT2D eigenvalue weighted by Gasteiger charge is 2.39. The van der Waals surface area contributed by atoms with Crippen LogP contribution < -0.4 is 5.32 Å². The molecule has 1 saturated carbocycles. The van der Waals surface area contributed by atoms with Gasteiger partial charge in [0.1, 0.15) is 0 Å². The first-order valence-electron chi connectivity index (χ1n) is 7.40. The van der Waals surface area contributed by atoms with Crippen LogP contribution in [0.3, 0.4) is 0 Å². The van der Waals surface area contributed by atoms with Crippen molar-refractivity contribution in [2.24, 2.45) is 5.41 Å². The number of carboxylic acids is 1. The Bertz CT molecular complexity index is 548. The molecular weight excluding hydrogens is 268 g/mol. The summed E-state index contributed by atoms with van der Waals surface area (Å²) >= 11 is 0. The second-order valence-electron chi connectivity index (χ2n) is 5.91. The fourth-order valence-electron chi connectivity index (χ4n) is 2.97. The van der Waals surface area contributed by atoms with Crippen molar-refractivity contribution in [1.29, 1.82) is 0 Å². The van der Waals surface area contributed by atoms with Crippen LogP contribution >= 0.6 is 0 Å². The number of hydrogen-bond acceptors (Lipinski definition) is 3. The first kappa shape index (κ1) is 15.5. The summed E-state index contributed by atoms with van der Waals surface area (Å²) in [4.78, 5) is 28.1. The third kappa shape index (κ3) is 3.40. The number of carbonyl (C=O) groups is 2. The number of carbonyl (C=O) groups excluding carboxylic acids is 1. The quantitative estimate of drug-likeness (QED) is 0.892. The van der Waals surface area contributed by atoms with Gasteiger partial charge in [0.05, 0.1) is 16.7 Å². The van der Waals surface area contributed by atoms with Gasteiger partial charge in [0, 0.05) is 12.2 Å². The van der Waals surface area contributed by atoms with Gasteiger partial charge >= 0.3 is 5.97 Å². The fraction of sp³-hybridized carbons (Fsp3) is 0.562. The van der Waals surface area contributed by atoms with E-state index in [1.165, 1.54) is 0 Å². The van der Waals surface area contributed by atoms with Crippen molar-refractivity contribution >= 4 is 11.9 Å². The Morgan fingerprint density at radius 2 is 1.90 bits per heavy atom. The molecule has 1 heterocycles. The van der Waals surface area contributed by atoms with Crippen molar-refractivity contribution < 1.29 is 14.7 Å². The molecule has 0 unspecified atom stereocenters. The van der Waals surface area contributed by atoms with Crippen molar-refractivity contribution in [3.05, 3.63) is 29.1 Å². The van der Waals surface area contributed by atoms with E-state index in [0.717, 1.165) is 25.0 Å². The number of aryl methyl sites for hydroxylation is 2. The smallest absolute Gasteiger partial charge is 0.311 e. The third-order valence-electron chi connectivity index (χ3n) is 4.32. The summed E-state index contributed by atoms with van der Waals surface area (Å²) in [5.74, 6) is -1.05. The van der Waals surface area contributed by atoms with Gasteiger partial charge in [0.25, 0.3) is 5.91 Å². The average molecular weight is 290 g/mol. The first-order valence-corrected chi connectivity index (χ1v) is 7.40. The maximum Gasteiger partial charge on any atom is 0.311 e. The predicted octanol–water partition coefficient (Wildman–Crippen LogP) is 2.46. The van der Waals surface area contributed by atoms with Crippen molar-refractivity contribution in [2.75, 3.05) is 6.54 Å². The Morgan fingerprint density at radius 3 is 2.48 bits per heavy atom. The monoisotopic (exact) mass is 290 g/mol. The van der Waals surface area contributed by atoms with Crippen molar-refractivity contribution in [3.8, 4) is 0 Å². The maximum absolute atomic E-state index is 12.2. The number of amides is 1. The molecule has 0 bridgehead atoms. The lowest BCUT2D eigenvalue weighted by molar-refractivity contribution is -0.150. The number of aromatic nitrogens is 1. The minimum atomic E-state index is -0.806. The minimum Gasteiger partial charge on any atom is -0.481 e. The van der Waals surface area contributed by atoms with E-state index in [0.29, 0.717) is 24.1 Å². The van der Waals surface area contributed by atoms with Crippen LogP contribution in [0, 0.1) is 19.3 Å². The van der Waals surface area contributed by atoms with Crippen LogP contribution in [-0.4, -0.2) is 28.5 Å². The summed E-state index contributed by atoms with van der Waals surface area (Å²) in [6, 6.07) is 3.52. The second kappa shape index (κ2) is 6.24. The minimum absolute atomic E-state index is 0.189. The molecule has 0 atom stereocenters. The number of hydrogen-bond donors (Lipinski definition) is 2. The highest BCUT2D eigenvalue weighted by atomic mass is 16.4. The van der Waals surface area contributed by atoms with E-state index in [2.05, 4.69) is 10.3 Å². The number of carboxylic acid groups (broad SMARTS) is 1. The molecule has 2 rings (SSSR count). The lowest BCUT2D eigenvalue weighted by Gasteiger charge is -2.33. The van der Waals surface area contributed by atoms with Crippen LogP contribution in [0.15, 0.2) is 12.1 Å². The Kier molecular flexibility index (Phi) is 4.60. The maximum atomic E-state index is 12.2. The molecule has 5 nitrogen and oxygen atoms in total. The van der Waals surface area contributed by atoms with E-state index in [1.54, 1.807) is 19.1 Å². The summed E-state index contributed by atoms with van der Waals surface area (Å²) in [6.45, 7) is 3.85. The van der Waals surface area contributed by atoms with Gasteiger partial charge in [-0.2, -0.15) is 0 Å². The zero-order chi connectivity index (χ0) is 15.5. The molecule has 0 aliphatic heterocycles. The molecule has 1 aromatic rings. The van der Waals surface area contributed by atoms with Crippen molar-refractivity contribution in [3.63, 3.8) is 0 Å². The summed E-state index contributed by atoms with van der Waals surface area (Å²) in [5, 5.41) is 12.3. The van der Waals surface area contributed by atoms with Gasteiger partial charge in [-0.25, -0.2) is 0 Å². The number of rotatable bonds is 4. The Labute approximate surface area is 124 Å². The summed E-state index contributed by atoms with van der Waals surface area (Å²) in [6.07, 6.45) is 4.16. The standard InChI is InChI=1S/C16H22N2O3/c1-11-6-7-13(12(2)18-11)14(19)17-10-16(15(20)21)8-4-3-5-9-16/h6-7H,3-5,8-10H2,1-2H3,(H,17,19)(H,20,21). The molecule has 0 radical (unpaired) electrons. The SMILES string of the molecule is Cc1ccc(C(=O)NCC2(C(=O)O)CCCCC2)c(C)n1. The van der Waals surface area contributed by atoms with Crippen LogP contribution in [0.4, 0.5) is 0 Å². The van der Waals surface area contributed by atoms with Crippen LogP contribution in [-0.2, 0) is 4.79 Å². The van der Waals surface area contributed by atoms with Gasteiger partial charge in [-0.15, -0.1) is 0 Å². The van der Waals surface area contributed by atoms with Crippen molar-refractivity contribution in [1.82, 2.24) is 10.3 Å². The van der Waals surface area contributed by atoms with Gasteiger partial charge in [-0.05, 0) is 38.8 Å². The molecule has 5 heteroatoms. The molecule has 1 amide bonds. The number of pyridine rings is 1. The summed E-state index contributed by atoms with van der Waals surface area (Å²) < 4.78 is 0. The van der Waals surface area contributed by atoms with E-state index in [9.17, 15) is 14.7 Å². The van der Waals surface area contributed by atoms with Crippen LogP contribution in [0.2, 0.25) is 0 Å². The average Bonchev–Trinajstić information content (AvgIpc) is 2.45. The molecule has 0 spiro atoms. The molecule has 1 fully saturated rings. The van der Waals surface area contributed by atoms with E-state index in [4.69, 9.17) is 0 Å². The van der Waals surface area contributed by atoms with Crippen LogP contribution in [0.5, 0.6) is 0 Å². The second-order valence-corrected chi connectivity index (χ2v) is 5.91. The largest absolute Gasteiger partial charge is 0.481 e. The summed E-state index contributed by atoms with van der Waals surface area (Å²) in [7, 11) is 0. The molecule has 21 heavy (non-hydrogen) atoms. The molecule has 1 aromatic heterocycles. The lowest BCUT2D eigenvalue weighted by atomic mass is 9.74. The van der Waals surface area contributed by atoms with Crippen LogP contribution in [0.25, 0.3) is 0 Å². The van der Waals surface area contributed by atoms with Crippen LogP contribution in [0.1, 0.15) is 53.8 Å². The zero-order valence-corrected chi connectivity index (χ0v) is 12.6. The van der Waals surface area contributed by atoms with E-state index < -0.39 is 11.4 Å². The third-order valence-corrected chi connectivity index (χ3v) is 4.32. The Balaban J connectivity index is 2.07. The van der Waals surface area contributed by atoms with E-state index in [1.807, 2.05) is 6.92 Å². The van der Waals surface area contributed by atoms with Gasteiger partial charge in [-0.1, -0.05) is 19.3 Å². The van der Waals surface area contributed by atoms with Crippen molar-refractivity contribution in [2.45, 2.75) is 46.0 Å². The Morgan fingerprint density at radius 1 is 1.24 bits per heavy atom. The first-order chi connectivity index (χ1) is 9.94. The fourth-order valence-corrected chi connectivity index (χ4v) is 2.97. The molecule has 0 aromatic carbocycles. The van der Waals surface area contributed by atoms with Gasteiger partial charge in [-0.3, -0.25) is 14.6 Å². The molecule has 0 saturated heterocycles. The van der Waals surface area contributed by atoms with E-state index in [-0.39, 0.29) is 12.5 Å². The highest BCUT2D eigenvalue weighted by Crippen LogP contribution is 2.36. The predicted molar refractivity (Wildman–Crippen MR) is 79.2 cm³/mol. The highest BCUT2D eigenvalue weighted by molar-refractivity contribution is 5.95. The summed E-state index contributed by atoms with van der Waals surface area (Å²) in [5.41, 5.74) is 1.23. The van der Waals surface area contributed by atoms with Gasteiger partial charge in [0.15, 0.2) is 0 Å². The van der Waals surface area contributed by atoms with Gasteiger partial charge in [0.2, 0.25) is 0 Å². The lowest BCUT2D eigenvalue weighted by Crippen LogP contribution is -2.44. The molecular formula is C16H22N2O3. The number of nitrogens with one attached hydrogen (secondary N) is 1. The molecule has 1 aliphatic rings. The normalized spacial score (nSPS) is 17.2.